The van der Waals surface area contributed by atoms with Gasteiger partial charge in [0.05, 0.1) is 0 Å². The molecule has 0 bridgehead atoms. The molecule has 0 unspecified atom stereocenters. The van der Waals surface area contributed by atoms with Crippen molar-refractivity contribution in [1.82, 2.24) is 0 Å². The quantitative estimate of drug-likeness (QED) is 0.506. The fourth-order valence-electron chi connectivity index (χ4n) is 0. The summed E-state index contributed by atoms with van der Waals surface area (Å²) in [6, 6.07) is 0. The first-order valence-corrected chi connectivity index (χ1v) is 0. The van der Waals surface area contributed by atoms with Crippen LogP contribution in [-0.4, -0.2) is 0 Å². The molecule has 0 rings (SSSR count). The van der Waals surface area contributed by atoms with Crippen molar-refractivity contribution in [2.75, 3.05) is 0 Å². The summed E-state index contributed by atoms with van der Waals surface area (Å²) in [6.45, 7) is 0. The average molecular weight is 221 g/mol. The maximum Gasteiger partial charge on any atom is 4.00 e. The van der Waals surface area contributed by atoms with Crippen molar-refractivity contribution in [3.05, 3.63) is 0 Å². The van der Waals surface area contributed by atoms with Crippen molar-refractivity contribution in [1.29, 1.82) is 0 Å². The Hall–Kier alpha value is 2.00. The van der Waals surface area contributed by atoms with Crippen LogP contribution >= 0.6 is 0 Å². The van der Waals surface area contributed by atoms with Crippen molar-refractivity contribution in [2.45, 2.75) is 0 Å². The average Bonchev–Trinajstić information content (AvgIpc) is 0. The summed E-state index contributed by atoms with van der Waals surface area (Å²) in [5, 5.41) is 0. The van der Waals surface area contributed by atoms with Crippen LogP contribution in [0.4, 0.5) is 0 Å². The Labute approximate surface area is 72.8 Å². The topological polar surface area (TPSA) is 57.0 Å². The van der Waals surface area contributed by atoms with Gasteiger partial charge in [0, 0.05) is 41.3 Å². The van der Waals surface area contributed by atoms with Crippen LogP contribution in [0.3, 0.4) is 0 Å². The van der Waals surface area contributed by atoms with Gasteiger partial charge in [-0.1, -0.05) is 0 Å². The van der Waals surface area contributed by atoms with Gasteiger partial charge in [0.2, 0.25) is 0 Å². The van der Waals surface area contributed by atoms with Gasteiger partial charge in [-0.25, -0.2) is 0 Å². The van der Waals surface area contributed by atoms with E-state index < -0.39 is 0 Å². The Morgan fingerprint density at radius 1 is 0.750 bits per heavy atom. The third kappa shape index (κ3) is 9.00. The molecule has 0 aromatic heterocycles. The van der Waals surface area contributed by atoms with E-state index in [1.54, 1.807) is 0 Å². The van der Waals surface area contributed by atoms with E-state index in [9.17, 15) is 0 Å². The van der Waals surface area contributed by atoms with Crippen LogP contribution in [-0.2, 0) is 32.7 Å². The van der Waals surface area contributed by atoms with Crippen molar-refractivity contribution in [2.24, 2.45) is 0 Å². The Balaban J connectivity index is 0. The molecule has 4 heavy (non-hydrogen) atoms. The minimum absolute atomic E-state index is 0. The second-order valence-electron chi connectivity index (χ2n) is 0. The summed E-state index contributed by atoms with van der Waals surface area (Å²) in [5.41, 5.74) is 0. The normalized spacial score (nSPS) is 0. The van der Waals surface area contributed by atoms with Gasteiger partial charge < -0.3 is 11.0 Å². The van der Waals surface area contributed by atoms with Crippen LogP contribution < -0.4 is 0 Å². The SMILES string of the molecule is [O-2].[O-2].[Pr].[Ti+4]. The van der Waals surface area contributed by atoms with Crippen LogP contribution in [0, 0.1) is 41.3 Å². The molecule has 0 aromatic carbocycles. The number of hydrogen-bond donors (Lipinski definition) is 0. The van der Waals surface area contributed by atoms with Gasteiger partial charge in [-0.15, -0.1) is 0 Å². The largest absolute Gasteiger partial charge is 4.00 e. The van der Waals surface area contributed by atoms with Crippen LogP contribution in [0.5, 0.6) is 0 Å². The second-order valence-corrected chi connectivity index (χ2v) is 0. The third-order valence-electron chi connectivity index (χ3n) is 0. The van der Waals surface area contributed by atoms with Gasteiger partial charge in [-0.3, -0.25) is 0 Å². The Kier molecular flexibility index (Phi) is 188. The summed E-state index contributed by atoms with van der Waals surface area (Å²) in [4.78, 5) is 0. The van der Waals surface area contributed by atoms with E-state index in [4.69, 9.17) is 0 Å². The monoisotopic (exact) mass is 221 g/mol. The Morgan fingerprint density at radius 3 is 0.750 bits per heavy atom. The maximum absolute atomic E-state index is 0. The standard InChI is InChI=1S/2O.Pr.Ti/q2*-2;;+4. The molecule has 0 aliphatic heterocycles. The summed E-state index contributed by atoms with van der Waals surface area (Å²) in [7, 11) is 0. The fourth-order valence-corrected chi connectivity index (χ4v) is 0. The zero-order valence-corrected chi connectivity index (χ0v) is 7.16. The van der Waals surface area contributed by atoms with Crippen LogP contribution in [0.2, 0.25) is 0 Å². The predicted octanol–water partition coefficient (Wildman–Crippen LogP) is -0.240. The molecular formula is O2PrTi. The summed E-state index contributed by atoms with van der Waals surface area (Å²) < 4.78 is 0. The summed E-state index contributed by atoms with van der Waals surface area (Å²) in [6.07, 6.45) is 0. The van der Waals surface area contributed by atoms with E-state index in [1.165, 1.54) is 0 Å². The van der Waals surface area contributed by atoms with Gasteiger partial charge in [-0.2, -0.15) is 0 Å². The molecule has 4 heteroatoms. The molecule has 0 saturated heterocycles. The molecule has 0 aromatic rings. The summed E-state index contributed by atoms with van der Waals surface area (Å²) >= 11 is 0. The first-order chi connectivity index (χ1) is 0. The van der Waals surface area contributed by atoms with Gasteiger partial charge >= 0.3 is 21.7 Å². The van der Waals surface area contributed by atoms with Gasteiger partial charge in [-0.05, 0) is 0 Å². The molecule has 19 valence electrons. The van der Waals surface area contributed by atoms with Crippen LogP contribution in [0.1, 0.15) is 0 Å². The first kappa shape index (κ1) is 37.5. The van der Waals surface area contributed by atoms with Crippen molar-refractivity contribution < 1.29 is 74.0 Å². The number of hydrogen-bond acceptors (Lipinski definition) is 0. The molecule has 0 aliphatic rings. The number of rotatable bonds is 0. The van der Waals surface area contributed by atoms with E-state index >= 15 is 0 Å². The second kappa shape index (κ2) is 20.0. The Bertz CT molecular complexity index is 6.00. The van der Waals surface area contributed by atoms with Gasteiger partial charge in [0.1, 0.15) is 0 Å². The van der Waals surface area contributed by atoms with E-state index in [0.29, 0.717) is 0 Å². The smallest absolute Gasteiger partial charge is 2.00 e. The van der Waals surface area contributed by atoms with Gasteiger partial charge in [0.15, 0.2) is 0 Å². The molecule has 0 aliphatic carbocycles. The molecule has 0 saturated carbocycles. The molecule has 0 amide bonds. The zero-order valence-electron chi connectivity index (χ0n) is 1.89. The molecule has 2 nitrogen and oxygen atoms in total. The van der Waals surface area contributed by atoms with E-state index in [0.717, 1.165) is 0 Å². The molecule has 1 radical (unpaired) electrons. The van der Waals surface area contributed by atoms with Crippen molar-refractivity contribution in [3.63, 3.8) is 0 Å². The van der Waals surface area contributed by atoms with Crippen LogP contribution in [0.25, 0.3) is 0 Å². The summed E-state index contributed by atoms with van der Waals surface area (Å²) in [5.74, 6) is 0. The predicted molar refractivity (Wildman–Crippen MR) is 1.37 cm³/mol. The van der Waals surface area contributed by atoms with Gasteiger partial charge in [0.25, 0.3) is 0 Å². The van der Waals surface area contributed by atoms with Crippen LogP contribution in [0.15, 0.2) is 0 Å². The Morgan fingerprint density at radius 2 is 0.750 bits per heavy atom. The molecule has 0 heterocycles. The van der Waals surface area contributed by atoms with Crippen molar-refractivity contribution >= 4 is 0 Å². The first-order valence-electron chi connectivity index (χ1n) is 0. The minimum atomic E-state index is 0. The molecule has 0 N–H and O–H groups in total. The molecule has 0 spiro atoms. The third-order valence-corrected chi connectivity index (χ3v) is 0. The van der Waals surface area contributed by atoms with E-state index in [2.05, 4.69) is 0 Å². The zero-order chi connectivity index (χ0) is 0. The van der Waals surface area contributed by atoms with E-state index in [-0.39, 0.29) is 74.0 Å². The molecular weight excluding hydrogens is 221 g/mol. The molecule has 0 fully saturated rings. The van der Waals surface area contributed by atoms with E-state index in [1.807, 2.05) is 0 Å². The fraction of sp³-hybridized carbons (Fsp3) is 0. The minimum Gasteiger partial charge on any atom is -2.00 e. The molecule has 0 atom stereocenters. The maximum atomic E-state index is 0. The van der Waals surface area contributed by atoms with Crippen molar-refractivity contribution in [3.8, 4) is 0 Å².